The summed E-state index contributed by atoms with van der Waals surface area (Å²) in [5, 5.41) is 10.5. The van der Waals surface area contributed by atoms with Crippen LogP contribution in [0.1, 0.15) is 19.4 Å². The topological polar surface area (TPSA) is 55.8 Å². The largest absolute Gasteiger partial charge is 0.496 e. The third-order valence-electron chi connectivity index (χ3n) is 3.05. The molecule has 0 aliphatic heterocycles. The van der Waals surface area contributed by atoms with Crippen molar-refractivity contribution in [1.29, 1.82) is 0 Å². The average molecular weight is 238 g/mol. The van der Waals surface area contributed by atoms with E-state index in [0.717, 1.165) is 0 Å². The monoisotopic (exact) mass is 238 g/mol. The number of methoxy groups -OCH3 is 2. The first kappa shape index (κ1) is 13.5. The lowest BCUT2D eigenvalue weighted by Gasteiger charge is -2.30. The second-order valence-electron chi connectivity index (χ2n) is 4.09. The first-order valence-corrected chi connectivity index (χ1v) is 5.38. The summed E-state index contributed by atoms with van der Waals surface area (Å²) < 4.78 is 9.84. The Bertz CT molecular complexity index is 398. The number of carbonyl (C=O) groups excluding carboxylic acids is 1. The molecule has 1 aromatic rings. The van der Waals surface area contributed by atoms with Gasteiger partial charge in [-0.1, -0.05) is 18.2 Å². The molecule has 2 atom stereocenters. The van der Waals surface area contributed by atoms with Gasteiger partial charge in [-0.3, -0.25) is 4.79 Å². The maximum atomic E-state index is 11.5. The zero-order valence-electron chi connectivity index (χ0n) is 10.6. The number of rotatable bonds is 4. The number of carbonyl (C=O) groups is 1. The Kier molecular flexibility index (Phi) is 4.12. The van der Waals surface area contributed by atoms with Crippen LogP contribution in [0.2, 0.25) is 0 Å². The molecular formula is C13H18O4. The summed E-state index contributed by atoms with van der Waals surface area (Å²) in [7, 11) is 2.83. The fourth-order valence-electron chi connectivity index (χ4n) is 1.70. The van der Waals surface area contributed by atoms with Crippen molar-refractivity contribution in [3.05, 3.63) is 29.8 Å². The summed E-state index contributed by atoms with van der Waals surface area (Å²) >= 11 is 0. The second-order valence-corrected chi connectivity index (χ2v) is 4.09. The van der Waals surface area contributed by atoms with Gasteiger partial charge in [0.15, 0.2) is 0 Å². The molecule has 1 rings (SSSR count). The van der Waals surface area contributed by atoms with Crippen LogP contribution in [0.25, 0.3) is 0 Å². The van der Waals surface area contributed by atoms with Gasteiger partial charge in [0.1, 0.15) is 11.4 Å². The molecule has 0 amide bonds. The van der Waals surface area contributed by atoms with Gasteiger partial charge in [0, 0.05) is 5.56 Å². The van der Waals surface area contributed by atoms with E-state index in [4.69, 9.17) is 4.74 Å². The molecule has 0 saturated heterocycles. The van der Waals surface area contributed by atoms with E-state index in [1.807, 2.05) is 0 Å². The molecule has 4 nitrogen and oxygen atoms in total. The van der Waals surface area contributed by atoms with E-state index in [0.29, 0.717) is 11.3 Å². The minimum absolute atomic E-state index is 0.457. The van der Waals surface area contributed by atoms with Crippen molar-refractivity contribution >= 4 is 5.97 Å². The number of para-hydroxylation sites is 1. The maximum Gasteiger partial charge on any atom is 0.311 e. The van der Waals surface area contributed by atoms with E-state index in [1.54, 1.807) is 38.1 Å². The molecule has 0 aliphatic carbocycles. The minimum Gasteiger partial charge on any atom is -0.496 e. The van der Waals surface area contributed by atoms with Crippen LogP contribution < -0.4 is 4.74 Å². The maximum absolute atomic E-state index is 11.5. The highest BCUT2D eigenvalue weighted by molar-refractivity contribution is 5.73. The van der Waals surface area contributed by atoms with E-state index < -0.39 is 17.5 Å². The first-order valence-electron chi connectivity index (χ1n) is 5.38. The van der Waals surface area contributed by atoms with Crippen molar-refractivity contribution in [3.8, 4) is 5.75 Å². The Morgan fingerprint density at radius 2 is 1.94 bits per heavy atom. The standard InChI is InChI=1S/C13H18O4/c1-9(12(14)17-4)13(2,15)10-7-5-6-8-11(10)16-3/h5-9,15H,1-4H3. The fraction of sp³-hybridized carbons (Fsp3) is 0.462. The lowest BCUT2D eigenvalue weighted by molar-refractivity contribution is -0.154. The summed E-state index contributed by atoms with van der Waals surface area (Å²) in [6.45, 7) is 3.20. The van der Waals surface area contributed by atoms with Gasteiger partial charge >= 0.3 is 5.97 Å². The number of ether oxygens (including phenoxy) is 2. The lowest BCUT2D eigenvalue weighted by Crippen LogP contribution is -2.36. The van der Waals surface area contributed by atoms with Gasteiger partial charge in [0.05, 0.1) is 20.1 Å². The van der Waals surface area contributed by atoms with Crippen molar-refractivity contribution in [2.45, 2.75) is 19.4 Å². The van der Waals surface area contributed by atoms with Crippen LogP contribution in [0.5, 0.6) is 5.75 Å². The third-order valence-corrected chi connectivity index (χ3v) is 3.05. The molecule has 0 heterocycles. The third kappa shape index (κ3) is 2.58. The number of hydrogen-bond acceptors (Lipinski definition) is 4. The molecule has 17 heavy (non-hydrogen) atoms. The average Bonchev–Trinajstić information content (AvgIpc) is 2.36. The molecule has 2 unspecified atom stereocenters. The molecular weight excluding hydrogens is 220 g/mol. The smallest absolute Gasteiger partial charge is 0.311 e. The predicted octanol–water partition coefficient (Wildman–Crippen LogP) is 1.71. The van der Waals surface area contributed by atoms with Crippen LogP contribution in [0, 0.1) is 5.92 Å². The fourth-order valence-corrected chi connectivity index (χ4v) is 1.70. The molecule has 94 valence electrons. The normalized spacial score (nSPS) is 15.8. The highest BCUT2D eigenvalue weighted by Gasteiger charge is 2.38. The SMILES string of the molecule is COC(=O)C(C)C(C)(O)c1ccccc1OC. The summed E-state index contributed by atoms with van der Waals surface area (Å²) in [6, 6.07) is 7.07. The van der Waals surface area contributed by atoms with Crippen molar-refractivity contribution in [2.24, 2.45) is 5.92 Å². The summed E-state index contributed by atoms with van der Waals surface area (Å²) in [5.74, 6) is -0.585. The molecule has 0 radical (unpaired) electrons. The molecule has 0 bridgehead atoms. The van der Waals surface area contributed by atoms with Crippen molar-refractivity contribution < 1.29 is 19.4 Å². The summed E-state index contributed by atoms with van der Waals surface area (Å²) in [5.41, 5.74) is -0.764. The molecule has 0 fully saturated rings. The Morgan fingerprint density at radius 3 is 2.47 bits per heavy atom. The zero-order chi connectivity index (χ0) is 13.1. The van der Waals surface area contributed by atoms with Crippen molar-refractivity contribution in [1.82, 2.24) is 0 Å². The van der Waals surface area contributed by atoms with Gasteiger partial charge in [0.25, 0.3) is 0 Å². The van der Waals surface area contributed by atoms with Crippen LogP contribution in [0.4, 0.5) is 0 Å². The molecule has 4 heteroatoms. The van der Waals surface area contributed by atoms with E-state index in [-0.39, 0.29) is 0 Å². The lowest BCUT2D eigenvalue weighted by atomic mass is 9.83. The number of hydrogen-bond donors (Lipinski definition) is 1. The molecule has 0 spiro atoms. The molecule has 0 aromatic heterocycles. The Labute approximate surface area is 101 Å². The van der Waals surface area contributed by atoms with Crippen molar-refractivity contribution in [3.63, 3.8) is 0 Å². The van der Waals surface area contributed by atoms with Crippen LogP contribution in [0.3, 0.4) is 0 Å². The molecule has 1 N–H and O–H groups in total. The van der Waals surface area contributed by atoms with E-state index in [1.165, 1.54) is 14.2 Å². The van der Waals surface area contributed by atoms with Gasteiger partial charge in [0.2, 0.25) is 0 Å². The van der Waals surface area contributed by atoms with Gasteiger partial charge in [-0.25, -0.2) is 0 Å². The quantitative estimate of drug-likeness (QED) is 0.811. The number of esters is 1. The van der Waals surface area contributed by atoms with Gasteiger partial charge in [-0.15, -0.1) is 0 Å². The highest BCUT2D eigenvalue weighted by atomic mass is 16.5. The Hall–Kier alpha value is -1.55. The van der Waals surface area contributed by atoms with E-state index in [9.17, 15) is 9.90 Å². The summed E-state index contributed by atoms with van der Waals surface area (Å²) in [6.07, 6.45) is 0. The van der Waals surface area contributed by atoms with E-state index >= 15 is 0 Å². The Morgan fingerprint density at radius 1 is 1.35 bits per heavy atom. The number of aliphatic hydroxyl groups is 1. The number of benzene rings is 1. The van der Waals surface area contributed by atoms with Crippen molar-refractivity contribution in [2.75, 3.05) is 14.2 Å². The molecule has 0 saturated carbocycles. The van der Waals surface area contributed by atoms with Gasteiger partial charge < -0.3 is 14.6 Å². The Balaban J connectivity index is 3.16. The first-order chi connectivity index (χ1) is 7.95. The van der Waals surface area contributed by atoms with Gasteiger partial charge in [-0.2, -0.15) is 0 Å². The van der Waals surface area contributed by atoms with Crippen LogP contribution in [-0.2, 0) is 15.1 Å². The minimum atomic E-state index is -1.33. The van der Waals surface area contributed by atoms with E-state index in [2.05, 4.69) is 4.74 Å². The van der Waals surface area contributed by atoms with Crippen LogP contribution in [0.15, 0.2) is 24.3 Å². The molecule has 0 aliphatic rings. The highest BCUT2D eigenvalue weighted by Crippen LogP contribution is 2.35. The zero-order valence-corrected chi connectivity index (χ0v) is 10.6. The predicted molar refractivity (Wildman–Crippen MR) is 63.7 cm³/mol. The van der Waals surface area contributed by atoms with Gasteiger partial charge in [-0.05, 0) is 19.9 Å². The second kappa shape index (κ2) is 5.19. The molecule has 1 aromatic carbocycles. The summed E-state index contributed by atoms with van der Waals surface area (Å²) in [4.78, 5) is 11.5. The van der Waals surface area contributed by atoms with Crippen LogP contribution >= 0.6 is 0 Å². The van der Waals surface area contributed by atoms with Crippen LogP contribution in [-0.4, -0.2) is 25.3 Å².